The van der Waals surface area contributed by atoms with E-state index in [0.29, 0.717) is 12.0 Å². The molecule has 112 valence electrons. The first-order valence-electron chi connectivity index (χ1n) is 7.91. The molecule has 0 amide bonds. The summed E-state index contributed by atoms with van der Waals surface area (Å²) in [5.74, 6) is 0.589. The van der Waals surface area contributed by atoms with E-state index in [1.165, 1.54) is 5.56 Å². The lowest BCUT2D eigenvalue weighted by Crippen LogP contribution is -2.47. The lowest BCUT2D eigenvalue weighted by atomic mass is 9.84. The summed E-state index contributed by atoms with van der Waals surface area (Å²) in [6, 6.07) is 10.8. The van der Waals surface area contributed by atoms with E-state index in [1.54, 1.807) is 0 Å². The van der Waals surface area contributed by atoms with Crippen molar-refractivity contribution in [2.24, 2.45) is 5.92 Å². The molecule has 2 aliphatic rings. The van der Waals surface area contributed by atoms with Gasteiger partial charge in [-0.1, -0.05) is 18.2 Å². The van der Waals surface area contributed by atoms with Gasteiger partial charge in [0.1, 0.15) is 0 Å². The molecule has 21 heavy (non-hydrogen) atoms. The van der Waals surface area contributed by atoms with Crippen molar-refractivity contribution >= 4 is 0 Å². The van der Waals surface area contributed by atoms with E-state index >= 15 is 0 Å². The molecule has 4 heteroatoms. The molecule has 0 radical (unpaired) electrons. The molecule has 4 nitrogen and oxygen atoms in total. The van der Waals surface area contributed by atoms with E-state index in [2.05, 4.69) is 28.4 Å². The molecule has 0 aromatic heterocycles. The second kappa shape index (κ2) is 7.04. The van der Waals surface area contributed by atoms with Gasteiger partial charge in [-0.15, -0.1) is 0 Å². The molecule has 2 saturated heterocycles. The van der Waals surface area contributed by atoms with Crippen molar-refractivity contribution in [2.45, 2.75) is 18.9 Å². The number of nitrogens with zero attached hydrogens (tertiary/aromatic N) is 2. The van der Waals surface area contributed by atoms with Gasteiger partial charge in [0, 0.05) is 45.4 Å². The fraction of sp³-hybridized carbons (Fsp3) is 0.588. The quantitative estimate of drug-likeness (QED) is 0.922. The number of ether oxygens (including phenoxy) is 1. The van der Waals surface area contributed by atoms with Crippen molar-refractivity contribution < 1.29 is 4.74 Å². The van der Waals surface area contributed by atoms with Crippen molar-refractivity contribution in [2.75, 3.05) is 39.4 Å². The van der Waals surface area contributed by atoms with Gasteiger partial charge in [0.15, 0.2) is 0 Å². The smallest absolute Gasteiger partial charge is 0.0995 e. The molecule has 1 atom stereocenters. The van der Waals surface area contributed by atoms with Crippen molar-refractivity contribution in [3.63, 3.8) is 0 Å². The molecule has 0 saturated carbocycles. The number of benzene rings is 1. The fourth-order valence-corrected chi connectivity index (χ4v) is 3.60. The Morgan fingerprint density at radius 3 is 2.62 bits per heavy atom. The zero-order valence-corrected chi connectivity index (χ0v) is 12.4. The van der Waals surface area contributed by atoms with Gasteiger partial charge in [0.05, 0.1) is 11.6 Å². The van der Waals surface area contributed by atoms with Gasteiger partial charge in [-0.05, 0) is 30.4 Å². The maximum absolute atomic E-state index is 9.46. The Kier molecular flexibility index (Phi) is 4.87. The largest absolute Gasteiger partial charge is 0.381 e. The van der Waals surface area contributed by atoms with Crippen LogP contribution >= 0.6 is 0 Å². The first kappa shape index (κ1) is 14.5. The molecular weight excluding hydrogens is 262 g/mol. The summed E-state index contributed by atoms with van der Waals surface area (Å²) in [7, 11) is 0. The minimum Gasteiger partial charge on any atom is -0.381 e. The summed E-state index contributed by atoms with van der Waals surface area (Å²) >= 11 is 0. The highest BCUT2D eigenvalue weighted by atomic mass is 16.5. The zero-order valence-electron chi connectivity index (χ0n) is 12.4. The van der Waals surface area contributed by atoms with Crippen LogP contribution in [0.4, 0.5) is 0 Å². The molecule has 1 aromatic rings. The Morgan fingerprint density at radius 2 is 1.90 bits per heavy atom. The van der Waals surface area contributed by atoms with Crippen molar-refractivity contribution in [3.05, 3.63) is 35.4 Å². The van der Waals surface area contributed by atoms with Crippen LogP contribution in [0.5, 0.6) is 0 Å². The van der Waals surface area contributed by atoms with Gasteiger partial charge in [-0.25, -0.2) is 0 Å². The number of hydrogen-bond donors (Lipinski definition) is 1. The summed E-state index contributed by atoms with van der Waals surface area (Å²) < 4.78 is 5.53. The van der Waals surface area contributed by atoms with Crippen LogP contribution < -0.4 is 5.32 Å². The monoisotopic (exact) mass is 285 g/mol. The van der Waals surface area contributed by atoms with Crippen LogP contribution in [-0.2, 0) is 4.74 Å². The normalized spacial score (nSPS) is 22.6. The highest BCUT2D eigenvalue weighted by Gasteiger charge is 2.32. The maximum atomic E-state index is 9.46. The molecule has 2 aliphatic heterocycles. The molecule has 0 bridgehead atoms. The second-order valence-electron chi connectivity index (χ2n) is 5.88. The third-order valence-corrected chi connectivity index (χ3v) is 4.66. The molecule has 1 aromatic carbocycles. The Hall–Kier alpha value is -1.41. The SMILES string of the molecule is N#Cc1ccccc1[C@H](C1CCOCC1)N1CCNCC1. The van der Waals surface area contributed by atoms with Crippen LogP contribution in [0.2, 0.25) is 0 Å². The van der Waals surface area contributed by atoms with Crippen molar-refractivity contribution in [1.82, 2.24) is 10.2 Å². The number of nitriles is 1. The van der Waals surface area contributed by atoms with Gasteiger partial charge in [-0.2, -0.15) is 5.26 Å². The summed E-state index contributed by atoms with van der Waals surface area (Å²) in [5, 5.41) is 12.9. The van der Waals surface area contributed by atoms with Crippen molar-refractivity contribution in [3.8, 4) is 6.07 Å². The van der Waals surface area contributed by atoms with Gasteiger partial charge in [-0.3, -0.25) is 4.90 Å². The minimum atomic E-state index is 0.354. The van der Waals surface area contributed by atoms with Crippen LogP contribution in [0.1, 0.15) is 30.0 Å². The van der Waals surface area contributed by atoms with Gasteiger partial charge in [0.25, 0.3) is 0 Å². The molecule has 0 aliphatic carbocycles. The lowest BCUT2D eigenvalue weighted by Gasteiger charge is -2.41. The van der Waals surface area contributed by atoms with E-state index in [1.807, 2.05) is 12.1 Å². The summed E-state index contributed by atoms with van der Waals surface area (Å²) in [6.45, 7) is 5.89. The molecule has 0 unspecified atom stereocenters. The molecular formula is C17H23N3O. The van der Waals surface area contributed by atoms with Crippen LogP contribution in [0.25, 0.3) is 0 Å². The van der Waals surface area contributed by atoms with Crippen LogP contribution in [-0.4, -0.2) is 44.3 Å². The third kappa shape index (κ3) is 3.26. The number of nitrogens with one attached hydrogen (secondary N) is 1. The Labute approximate surface area is 126 Å². The predicted molar refractivity (Wildman–Crippen MR) is 81.9 cm³/mol. The molecule has 0 spiro atoms. The van der Waals surface area contributed by atoms with E-state index < -0.39 is 0 Å². The Bertz CT molecular complexity index is 481. The maximum Gasteiger partial charge on any atom is 0.0995 e. The standard InChI is InChI=1S/C17H23N3O/c18-13-15-3-1-2-4-16(15)17(14-5-11-21-12-6-14)20-9-7-19-8-10-20/h1-4,14,17,19H,5-12H2/t17-/m0/s1. The average molecular weight is 285 g/mol. The topological polar surface area (TPSA) is 48.3 Å². The summed E-state index contributed by atoms with van der Waals surface area (Å²) in [4.78, 5) is 2.56. The fourth-order valence-electron chi connectivity index (χ4n) is 3.60. The number of hydrogen-bond acceptors (Lipinski definition) is 4. The molecule has 2 fully saturated rings. The van der Waals surface area contributed by atoms with Crippen LogP contribution in [0.3, 0.4) is 0 Å². The van der Waals surface area contributed by atoms with E-state index in [-0.39, 0.29) is 0 Å². The first-order valence-corrected chi connectivity index (χ1v) is 7.91. The van der Waals surface area contributed by atoms with Crippen LogP contribution in [0.15, 0.2) is 24.3 Å². The van der Waals surface area contributed by atoms with Crippen molar-refractivity contribution in [1.29, 1.82) is 5.26 Å². The molecule has 2 heterocycles. The van der Waals surface area contributed by atoms with E-state index in [4.69, 9.17) is 4.74 Å². The predicted octanol–water partition coefficient (Wildman–Crippen LogP) is 1.93. The zero-order chi connectivity index (χ0) is 14.5. The summed E-state index contributed by atoms with van der Waals surface area (Å²) in [5.41, 5.74) is 2.03. The highest BCUT2D eigenvalue weighted by molar-refractivity contribution is 5.40. The Morgan fingerprint density at radius 1 is 1.19 bits per heavy atom. The lowest BCUT2D eigenvalue weighted by molar-refractivity contribution is 0.0212. The van der Waals surface area contributed by atoms with Gasteiger partial charge in [0.2, 0.25) is 0 Å². The van der Waals surface area contributed by atoms with E-state index in [0.717, 1.165) is 57.8 Å². The second-order valence-corrected chi connectivity index (χ2v) is 5.88. The summed E-state index contributed by atoms with van der Waals surface area (Å²) in [6.07, 6.45) is 2.18. The van der Waals surface area contributed by atoms with Gasteiger partial charge >= 0.3 is 0 Å². The third-order valence-electron chi connectivity index (χ3n) is 4.66. The number of piperazine rings is 1. The minimum absolute atomic E-state index is 0.354. The number of rotatable bonds is 3. The highest BCUT2D eigenvalue weighted by Crippen LogP contribution is 2.36. The molecule has 3 rings (SSSR count). The van der Waals surface area contributed by atoms with E-state index in [9.17, 15) is 5.26 Å². The average Bonchev–Trinajstić information content (AvgIpc) is 2.58. The first-order chi connectivity index (χ1) is 10.4. The van der Waals surface area contributed by atoms with Crippen LogP contribution in [0, 0.1) is 17.2 Å². The molecule has 1 N–H and O–H groups in total. The van der Waals surface area contributed by atoms with Gasteiger partial charge < -0.3 is 10.1 Å². The Balaban J connectivity index is 1.92.